The van der Waals surface area contributed by atoms with Gasteiger partial charge in [-0.25, -0.2) is 4.98 Å². The topological polar surface area (TPSA) is 45.2 Å². The zero-order chi connectivity index (χ0) is 13.8. The third kappa shape index (κ3) is 3.54. The number of carbonyl (C=O) groups is 1. The van der Waals surface area contributed by atoms with E-state index in [-0.39, 0.29) is 5.91 Å². The second-order valence-electron chi connectivity index (χ2n) is 3.97. The van der Waals surface area contributed by atoms with E-state index < -0.39 is 0 Å². The van der Waals surface area contributed by atoms with Crippen LogP contribution < -0.4 is 5.32 Å². The number of amides is 1. The monoisotopic (exact) mass is 315 g/mol. The molecular formula is C12H14ClN3OS2. The maximum atomic E-state index is 12.1. The van der Waals surface area contributed by atoms with E-state index in [9.17, 15) is 4.79 Å². The minimum atomic E-state index is -0.0552. The molecule has 1 amide bonds. The Bertz CT molecular complexity index is 567. The molecule has 0 unspecified atom stereocenters. The number of nitrogens with one attached hydrogen (secondary N) is 1. The molecule has 0 saturated heterocycles. The number of likely N-dealkylation sites (N-methyl/N-ethyl adjacent to an activating group) is 2. The van der Waals surface area contributed by atoms with E-state index >= 15 is 0 Å². The van der Waals surface area contributed by atoms with Gasteiger partial charge in [-0.2, -0.15) is 0 Å². The molecule has 2 aromatic rings. The Morgan fingerprint density at radius 1 is 1.53 bits per heavy atom. The maximum absolute atomic E-state index is 12.1. The first kappa shape index (κ1) is 14.5. The summed E-state index contributed by atoms with van der Waals surface area (Å²) in [5.41, 5.74) is 0.489. The fraction of sp³-hybridized carbons (Fsp3) is 0.333. The van der Waals surface area contributed by atoms with Gasteiger partial charge in [0, 0.05) is 25.5 Å². The molecule has 0 aromatic carbocycles. The minimum Gasteiger partial charge on any atom is -0.339 e. The molecule has 0 aliphatic carbocycles. The normalized spacial score (nSPS) is 10.7. The number of hydrogen-bond donors (Lipinski definition) is 1. The summed E-state index contributed by atoms with van der Waals surface area (Å²) in [5, 5.41) is 5.64. The lowest BCUT2D eigenvalue weighted by atomic mass is 10.4. The number of halogens is 1. The molecule has 0 fully saturated rings. The molecule has 2 heterocycles. The molecule has 0 spiro atoms. The zero-order valence-electron chi connectivity index (χ0n) is 10.6. The van der Waals surface area contributed by atoms with Crippen molar-refractivity contribution in [1.82, 2.24) is 15.2 Å². The van der Waals surface area contributed by atoms with Crippen molar-refractivity contribution in [2.75, 3.05) is 27.2 Å². The summed E-state index contributed by atoms with van der Waals surface area (Å²) in [6.45, 7) is 1.42. The number of rotatable bonds is 5. The molecule has 2 rings (SSSR count). The highest BCUT2D eigenvalue weighted by molar-refractivity contribution is 7.23. The van der Waals surface area contributed by atoms with Crippen LogP contribution in [0.4, 0.5) is 0 Å². The van der Waals surface area contributed by atoms with Crippen molar-refractivity contribution in [2.24, 2.45) is 0 Å². The maximum Gasteiger partial charge on any atom is 0.273 e. The first-order chi connectivity index (χ1) is 9.11. The van der Waals surface area contributed by atoms with Gasteiger partial charge >= 0.3 is 0 Å². The highest BCUT2D eigenvalue weighted by Crippen LogP contribution is 2.32. The molecule has 102 valence electrons. The third-order valence-corrected chi connectivity index (χ3v) is 4.79. The minimum absolute atomic E-state index is 0.0552. The van der Waals surface area contributed by atoms with Crippen molar-refractivity contribution in [3.63, 3.8) is 0 Å². The molecule has 0 atom stereocenters. The van der Waals surface area contributed by atoms with Crippen LogP contribution in [0.3, 0.4) is 0 Å². The summed E-state index contributed by atoms with van der Waals surface area (Å²) in [7, 11) is 3.64. The van der Waals surface area contributed by atoms with Gasteiger partial charge in [-0.05, 0) is 19.2 Å². The van der Waals surface area contributed by atoms with Crippen LogP contribution in [0.1, 0.15) is 10.5 Å². The van der Waals surface area contributed by atoms with Gasteiger partial charge in [-0.15, -0.1) is 22.7 Å². The van der Waals surface area contributed by atoms with Crippen LogP contribution in [0.25, 0.3) is 9.88 Å². The van der Waals surface area contributed by atoms with E-state index in [2.05, 4.69) is 10.3 Å². The Balaban J connectivity index is 2.10. The summed E-state index contributed by atoms with van der Waals surface area (Å²) in [5.74, 6) is -0.0552. The number of thiophene rings is 1. The largest absolute Gasteiger partial charge is 0.339 e. The summed E-state index contributed by atoms with van der Waals surface area (Å²) >= 11 is 8.83. The van der Waals surface area contributed by atoms with Gasteiger partial charge in [0.1, 0.15) is 10.7 Å². The number of hydrogen-bond acceptors (Lipinski definition) is 5. The van der Waals surface area contributed by atoms with E-state index in [1.807, 2.05) is 19.2 Å². The first-order valence-electron chi connectivity index (χ1n) is 5.73. The fourth-order valence-electron chi connectivity index (χ4n) is 1.49. The molecule has 1 N–H and O–H groups in total. The molecule has 0 aliphatic heterocycles. The number of aromatic nitrogens is 1. The molecule has 0 bridgehead atoms. The van der Waals surface area contributed by atoms with Gasteiger partial charge in [0.25, 0.3) is 5.91 Å². The summed E-state index contributed by atoms with van der Waals surface area (Å²) < 4.78 is 0.726. The number of nitrogens with zero attached hydrogens (tertiary/aromatic N) is 2. The zero-order valence-corrected chi connectivity index (χ0v) is 13.0. The molecule has 0 radical (unpaired) electrons. The SMILES string of the molecule is CNCCN(C)C(=O)c1csc(-c2ccc(Cl)s2)n1. The van der Waals surface area contributed by atoms with Crippen molar-refractivity contribution < 1.29 is 4.79 Å². The van der Waals surface area contributed by atoms with Gasteiger partial charge < -0.3 is 10.2 Å². The molecule has 0 saturated carbocycles. The van der Waals surface area contributed by atoms with Crippen LogP contribution in [0, 0.1) is 0 Å². The van der Waals surface area contributed by atoms with Crippen molar-refractivity contribution in [3.8, 4) is 9.88 Å². The van der Waals surface area contributed by atoms with Crippen molar-refractivity contribution >= 4 is 40.2 Å². The van der Waals surface area contributed by atoms with Crippen LogP contribution in [0.5, 0.6) is 0 Å². The highest BCUT2D eigenvalue weighted by Gasteiger charge is 2.16. The van der Waals surface area contributed by atoms with Crippen molar-refractivity contribution in [1.29, 1.82) is 0 Å². The number of carbonyl (C=O) groups excluding carboxylic acids is 1. The van der Waals surface area contributed by atoms with Crippen molar-refractivity contribution in [3.05, 3.63) is 27.5 Å². The molecule has 2 aromatic heterocycles. The lowest BCUT2D eigenvalue weighted by Gasteiger charge is -2.15. The van der Waals surface area contributed by atoms with Crippen LogP contribution in [0.2, 0.25) is 4.34 Å². The van der Waals surface area contributed by atoms with E-state index in [0.29, 0.717) is 12.2 Å². The molecular weight excluding hydrogens is 302 g/mol. The Hall–Kier alpha value is -0.950. The standard InChI is InChI=1S/C12H14ClN3OS2/c1-14-5-6-16(2)12(17)8-7-18-11(15-8)9-3-4-10(13)19-9/h3-4,7,14H,5-6H2,1-2H3. The van der Waals surface area contributed by atoms with Crippen molar-refractivity contribution in [2.45, 2.75) is 0 Å². The van der Waals surface area contributed by atoms with Gasteiger partial charge in [0.05, 0.1) is 9.21 Å². The fourth-order valence-corrected chi connectivity index (χ4v) is 3.40. The van der Waals surface area contributed by atoms with Crippen LogP contribution >= 0.6 is 34.3 Å². The lowest BCUT2D eigenvalue weighted by Crippen LogP contribution is -2.32. The quantitative estimate of drug-likeness (QED) is 0.923. The lowest BCUT2D eigenvalue weighted by molar-refractivity contribution is 0.0792. The Morgan fingerprint density at radius 3 is 2.95 bits per heavy atom. The highest BCUT2D eigenvalue weighted by atomic mass is 35.5. The second-order valence-corrected chi connectivity index (χ2v) is 6.55. The van der Waals surface area contributed by atoms with Crippen LogP contribution in [0.15, 0.2) is 17.5 Å². The summed E-state index contributed by atoms with van der Waals surface area (Å²) in [6, 6.07) is 3.76. The van der Waals surface area contributed by atoms with E-state index in [1.165, 1.54) is 22.7 Å². The van der Waals surface area contributed by atoms with Gasteiger partial charge in [-0.3, -0.25) is 4.79 Å². The predicted octanol–water partition coefficient (Wildman–Crippen LogP) is 2.82. The van der Waals surface area contributed by atoms with E-state index in [0.717, 1.165) is 20.8 Å². The molecule has 4 nitrogen and oxygen atoms in total. The molecule has 7 heteroatoms. The van der Waals surface area contributed by atoms with E-state index in [1.54, 1.807) is 17.3 Å². The van der Waals surface area contributed by atoms with Crippen LogP contribution in [-0.2, 0) is 0 Å². The van der Waals surface area contributed by atoms with Gasteiger partial charge in [0.15, 0.2) is 0 Å². The smallest absolute Gasteiger partial charge is 0.273 e. The third-order valence-electron chi connectivity index (χ3n) is 2.55. The average molecular weight is 316 g/mol. The van der Waals surface area contributed by atoms with Gasteiger partial charge in [-0.1, -0.05) is 11.6 Å². The Morgan fingerprint density at radius 2 is 2.32 bits per heavy atom. The van der Waals surface area contributed by atoms with E-state index in [4.69, 9.17) is 11.6 Å². The molecule has 0 aliphatic rings. The average Bonchev–Trinajstić information content (AvgIpc) is 3.03. The molecule has 19 heavy (non-hydrogen) atoms. The van der Waals surface area contributed by atoms with Gasteiger partial charge in [0.2, 0.25) is 0 Å². The second kappa shape index (κ2) is 6.47. The summed E-state index contributed by atoms with van der Waals surface area (Å²) in [6.07, 6.45) is 0. The number of thiazole rings is 1. The predicted molar refractivity (Wildman–Crippen MR) is 81.3 cm³/mol. The Kier molecular flexibility index (Phi) is 4.93. The summed E-state index contributed by atoms with van der Waals surface area (Å²) in [4.78, 5) is 19.2. The Labute approximate surface area is 125 Å². The first-order valence-corrected chi connectivity index (χ1v) is 7.80. The van der Waals surface area contributed by atoms with Crippen LogP contribution in [-0.4, -0.2) is 43.0 Å².